The number of nitriles is 1. The SMILES string of the molecule is C[C@@H](OC(=O)[C@H](C)N1C(=O)[C@H]2CCCC[C@H]2C1=O)C(=O)Nc1ccccc1C#N. The number of hydrogen-bond acceptors (Lipinski definition) is 6. The fraction of sp³-hybridized carbons (Fsp3) is 0.476. The van der Waals surface area contributed by atoms with Crippen molar-refractivity contribution in [2.24, 2.45) is 11.8 Å². The molecule has 152 valence electrons. The highest BCUT2D eigenvalue weighted by Crippen LogP contribution is 2.38. The predicted octanol–water partition coefficient (Wildman–Crippen LogP) is 1.99. The van der Waals surface area contributed by atoms with Gasteiger partial charge in [-0.15, -0.1) is 0 Å². The summed E-state index contributed by atoms with van der Waals surface area (Å²) >= 11 is 0. The molecule has 3 amide bonds. The summed E-state index contributed by atoms with van der Waals surface area (Å²) in [6, 6.07) is 7.32. The van der Waals surface area contributed by atoms with Crippen LogP contribution in [0.1, 0.15) is 45.1 Å². The number of imide groups is 1. The van der Waals surface area contributed by atoms with Gasteiger partial charge in [0.2, 0.25) is 11.8 Å². The number of para-hydroxylation sites is 1. The molecule has 1 aliphatic carbocycles. The van der Waals surface area contributed by atoms with Crippen molar-refractivity contribution in [1.29, 1.82) is 5.26 Å². The molecule has 0 bridgehead atoms. The summed E-state index contributed by atoms with van der Waals surface area (Å²) < 4.78 is 5.20. The van der Waals surface area contributed by atoms with Crippen molar-refractivity contribution < 1.29 is 23.9 Å². The number of amides is 3. The highest BCUT2D eigenvalue weighted by molar-refractivity contribution is 6.08. The summed E-state index contributed by atoms with van der Waals surface area (Å²) in [5.74, 6) is -2.79. The molecule has 1 aromatic carbocycles. The standard InChI is InChI=1S/C21H23N3O5/c1-12(24-19(26)15-8-4-5-9-16(15)20(24)27)21(28)29-13(2)18(25)23-17-10-6-3-7-14(17)11-22/h3,6-7,10,12-13,15-16H,4-5,8-9H2,1-2H3,(H,23,25)/t12-,13+,15-,16+/m0/s1. The number of anilines is 1. The number of carbonyl (C=O) groups excluding carboxylic acids is 4. The highest BCUT2D eigenvalue weighted by Gasteiger charge is 2.51. The van der Waals surface area contributed by atoms with E-state index in [1.54, 1.807) is 24.3 Å². The first kappa shape index (κ1) is 20.5. The van der Waals surface area contributed by atoms with Crippen molar-refractivity contribution in [2.75, 3.05) is 5.32 Å². The summed E-state index contributed by atoms with van der Waals surface area (Å²) in [5.41, 5.74) is 0.591. The lowest BCUT2D eigenvalue weighted by Gasteiger charge is -2.23. The number of ether oxygens (including phenoxy) is 1. The van der Waals surface area contributed by atoms with Crippen LogP contribution >= 0.6 is 0 Å². The number of rotatable bonds is 5. The summed E-state index contributed by atoms with van der Waals surface area (Å²) in [6.07, 6.45) is 1.95. The Morgan fingerprint density at radius 3 is 2.31 bits per heavy atom. The molecular weight excluding hydrogens is 374 g/mol. The van der Waals surface area contributed by atoms with E-state index in [2.05, 4.69) is 5.32 Å². The number of esters is 1. The van der Waals surface area contributed by atoms with Gasteiger partial charge < -0.3 is 10.1 Å². The Balaban J connectivity index is 1.63. The van der Waals surface area contributed by atoms with E-state index in [9.17, 15) is 19.2 Å². The Kier molecular flexibility index (Phi) is 5.97. The second-order valence-electron chi connectivity index (χ2n) is 7.45. The third-order valence-electron chi connectivity index (χ3n) is 5.57. The van der Waals surface area contributed by atoms with Gasteiger partial charge in [-0.25, -0.2) is 4.79 Å². The maximum atomic E-state index is 12.6. The third kappa shape index (κ3) is 3.99. The van der Waals surface area contributed by atoms with Crippen LogP contribution in [0.25, 0.3) is 0 Å². The summed E-state index contributed by atoms with van der Waals surface area (Å²) in [7, 11) is 0. The molecule has 1 saturated carbocycles. The van der Waals surface area contributed by atoms with Crippen LogP contribution in [0.3, 0.4) is 0 Å². The Hall–Kier alpha value is -3.21. The minimum Gasteiger partial charge on any atom is -0.451 e. The second kappa shape index (κ2) is 8.43. The summed E-state index contributed by atoms with van der Waals surface area (Å²) in [6.45, 7) is 2.83. The number of fused-ring (bicyclic) bond motifs is 1. The molecular formula is C21H23N3O5. The molecule has 0 unspecified atom stereocenters. The number of likely N-dealkylation sites (tertiary alicyclic amines) is 1. The Morgan fingerprint density at radius 1 is 1.14 bits per heavy atom. The lowest BCUT2D eigenvalue weighted by Crippen LogP contribution is -2.46. The molecule has 1 aromatic rings. The maximum absolute atomic E-state index is 12.6. The van der Waals surface area contributed by atoms with Crippen LogP contribution in [0.4, 0.5) is 5.69 Å². The van der Waals surface area contributed by atoms with Gasteiger partial charge in [0.05, 0.1) is 23.1 Å². The topological polar surface area (TPSA) is 117 Å². The molecule has 0 radical (unpaired) electrons. The molecule has 0 spiro atoms. The van der Waals surface area contributed by atoms with Crippen LogP contribution in [0.5, 0.6) is 0 Å². The molecule has 0 aromatic heterocycles. The van der Waals surface area contributed by atoms with Gasteiger partial charge in [-0.2, -0.15) is 5.26 Å². The smallest absolute Gasteiger partial charge is 0.329 e. The van der Waals surface area contributed by atoms with E-state index in [1.807, 2.05) is 6.07 Å². The molecule has 2 aliphatic rings. The summed E-state index contributed by atoms with van der Waals surface area (Å²) in [4.78, 5) is 51.1. The molecule has 1 saturated heterocycles. The number of nitrogens with one attached hydrogen (secondary N) is 1. The first-order valence-corrected chi connectivity index (χ1v) is 9.72. The summed E-state index contributed by atoms with van der Waals surface area (Å²) in [5, 5.41) is 11.6. The molecule has 1 heterocycles. The van der Waals surface area contributed by atoms with Crippen LogP contribution in [0, 0.1) is 23.2 Å². The van der Waals surface area contributed by atoms with Crippen LogP contribution < -0.4 is 5.32 Å². The first-order valence-electron chi connectivity index (χ1n) is 9.72. The van der Waals surface area contributed by atoms with Crippen LogP contribution in [0.2, 0.25) is 0 Å². The zero-order chi connectivity index (χ0) is 21.1. The molecule has 8 heteroatoms. The predicted molar refractivity (Wildman–Crippen MR) is 102 cm³/mol. The quantitative estimate of drug-likeness (QED) is 0.600. The molecule has 4 atom stereocenters. The number of carbonyl (C=O) groups is 4. The number of hydrogen-bond donors (Lipinski definition) is 1. The van der Waals surface area contributed by atoms with Gasteiger partial charge in [-0.05, 0) is 38.8 Å². The van der Waals surface area contributed by atoms with E-state index in [-0.39, 0.29) is 29.2 Å². The van der Waals surface area contributed by atoms with Gasteiger partial charge in [-0.3, -0.25) is 19.3 Å². The highest BCUT2D eigenvalue weighted by atomic mass is 16.5. The molecule has 1 aliphatic heterocycles. The maximum Gasteiger partial charge on any atom is 0.329 e. The van der Waals surface area contributed by atoms with Crippen molar-refractivity contribution >= 4 is 29.4 Å². The van der Waals surface area contributed by atoms with Gasteiger partial charge in [-0.1, -0.05) is 25.0 Å². The minimum absolute atomic E-state index is 0.281. The monoisotopic (exact) mass is 397 g/mol. The fourth-order valence-electron chi connectivity index (χ4n) is 3.93. The van der Waals surface area contributed by atoms with Crippen molar-refractivity contribution in [3.63, 3.8) is 0 Å². The lowest BCUT2D eigenvalue weighted by molar-refractivity contribution is -0.163. The van der Waals surface area contributed by atoms with E-state index < -0.39 is 24.0 Å². The number of nitrogens with zero attached hydrogens (tertiary/aromatic N) is 2. The second-order valence-corrected chi connectivity index (χ2v) is 7.45. The van der Waals surface area contributed by atoms with Crippen molar-refractivity contribution in [3.05, 3.63) is 29.8 Å². The third-order valence-corrected chi connectivity index (χ3v) is 5.57. The van der Waals surface area contributed by atoms with E-state index in [0.717, 1.165) is 17.7 Å². The molecule has 8 nitrogen and oxygen atoms in total. The van der Waals surface area contributed by atoms with Gasteiger partial charge >= 0.3 is 5.97 Å². The Morgan fingerprint density at radius 2 is 1.72 bits per heavy atom. The first-order chi connectivity index (χ1) is 13.8. The number of benzene rings is 1. The van der Waals surface area contributed by atoms with Crippen LogP contribution in [0.15, 0.2) is 24.3 Å². The van der Waals surface area contributed by atoms with Gasteiger partial charge in [0.1, 0.15) is 12.1 Å². The van der Waals surface area contributed by atoms with Crippen molar-refractivity contribution in [2.45, 2.75) is 51.7 Å². The zero-order valence-electron chi connectivity index (χ0n) is 16.4. The van der Waals surface area contributed by atoms with E-state index in [4.69, 9.17) is 10.00 Å². The molecule has 29 heavy (non-hydrogen) atoms. The average molecular weight is 397 g/mol. The normalized spacial score (nSPS) is 23.0. The Bertz CT molecular complexity index is 867. The van der Waals surface area contributed by atoms with E-state index in [1.165, 1.54) is 13.8 Å². The molecule has 2 fully saturated rings. The van der Waals surface area contributed by atoms with Gasteiger partial charge in [0.15, 0.2) is 6.10 Å². The molecule has 1 N–H and O–H groups in total. The molecule has 3 rings (SSSR count). The average Bonchev–Trinajstić information content (AvgIpc) is 2.98. The van der Waals surface area contributed by atoms with Crippen molar-refractivity contribution in [1.82, 2.24) is 4.90 Å². The van der Waals surface area contributed by atoms with Gasteiger partial charge in [0, 0.05) is 0 Å². The van der Waals surface area contributed by atoms with Crippen molar-refractivity contribution in [3.8, 4) is 6.07 Å². The Labute approximate surface area is 168 Å². The van der Waals surface area contributed by atoms with Crippen LogP contribution in [-0.4, -0.2) is 40.7 Å². The zero-order valence-corrected chi connectivity index (χ0v) is 16.4. The fourth-order valence-corrected chi connectivity index (χ4v) is 3.93. The lowest BCUT2D eigenvalue weighted by atomic mass is 9.81. The van der Waals surface area contributed by atoms with Crippen LogP contribution in [-0.2, 0) is 23.9 Å². The largest absolute Gasteiger partial charge is 0.451 e. The van der Waals surface area contributed by atoms with Gasteiger partial charge in [0.25, 0.3) is 5.91 Å². The van der Waals surface area contributed by atoms with E-state index >= 15 is 0 Å². The van der Waals surface area contributed by atoms with E-state index in [0.29, 0.717) is 18.5 Å². The minimum atomic E-state index is -1.16.